The van der Waals surface area contributed by atoms with Crippen LogP contribution in [0.15, 0.2) is 18.2 Å². The summed E-state index contributed by atoms with van der Waals surface area (Å²) in [6.07, 6.45) is 2.68. The summed E-state index contributed by atoms with van der Waals surface area (Å²) in [5.74, 6) is 0.820. The van der Waals surface area contributed by atoms with Crippen molar-refractivity contribution in [3.63, 3.8) is 0 Å². The number of ether oxygens (including phenoxy) is 1. The first kappa shape index (κ1) is 13.9. The summed E-state index contributed by atoms with van der Waals surface area (Å²) in [7, 11) is 1.75. The van der Waals surface area contributed by atoms with Crippen molar-refractivity contribution in [3.8, 4) is 0 Å². The molecule has 1 aliphatic carbocycles. The van der Waals surface area contributed by atoms with Crippen LogP contribution in [0.1, 0.15) is 19.8 Å². The number of benzene rings is 1. The van der Waals surface area contributed by atoms with Gasteiger partial charge in [0, 0.05) is 23.3 Å². The zero-order chi connectivity index (χ0) is 13.1. The van der Waals surface area contributed by atoms with Gasteiger partial charge in [0.2, 0.25) is 0 Å². The van der Waals surface area contributed by atoms with Crippen LogP contribution in [-0.4, -0.2) is 26.3 Å². The number of anilines is 2. The number of rotatable bonds is 6. The normalized spacial score (nSPS) is 16.6. The van der Waals surface area contributed by atoms with E-state index >= 15 is 0 Å². The molecule has 0 aliphatic heterocycles. The molecule has 0 radical (unpaired) electrons. The number of hydrogen-bond donors (Lipinski definition) is 1. The van der Waals surface area contributed by atoms with Crippen LogP contribution in [0.25, 0.3) is 0 Å². The third-order valence-electron chi connectivity index (χ3n) is 3.63. The van der Waals surface area contributed by atoms with E-state index in [4.69, 9.17) is 10.5 Å². The topological polar surface area (TPSA) is 38.5 Å². The largest absolute Gasteiger partial charge is 0.397 e. The van der Waals surface area contributed by atoms with Crippen molar-refractivity contribution in [3.05, 3.63) is 21.8 Å². The molecule has 0 saturated heterocycles. The van der Waals surface area contributed by atoms with Crippen molar-refractivity contribution in [2.75, 3.05) is 30.9 Å². The Bertz CT molecular complexity index is 407. The van der Waals surface area contributed by atoms with Gasteiger partial charge in [-0.25, -0.2) is 0 Å². The number of nitrogen functional groups attached to an aromatic ring is 1. The van der Waals surface area contributed by atoms with Crippen molar-refractivity contribution in [1.82, 2.24) is 0 Å². The Morgan fingerprint density at radius 2 is 2.22 bits per heavy atom. The fraction of sp³-hybridized carbons (Fsp3) is 0.571. The summed E-state index contributed by atoms with van der Waals surface area (Å²) in [4.78, 5) is 2.40. The van der Waals surface area contributed by atoms with Gasteiger partial charge in [-0.3, -0.25) is 0 Å². The highest BCUT2D eigenvalue weighted by Gasteiger charge is 2.32. The van der Waals surface area contributed by atoms with Gasteiger partial charge in [-0.05, 0) is 66.5 Å². The van der Waals surface area contributed by atoms with Crippen LogP contribution in [0.5, 0.6) is 0 Å². The molecule has 1 fully saturated rings. The molecule has 2 rings (SSSR count). The van der Waals surface area contributed by atoms with E-state index in [-0.39, 0.29) is 0 Å². The lowest BCUT2D eigenvalue weighted by atomic mass is 10.1. The Kier molecular flexibility index (Phi) is 4.72. The summed E-state index contributed by atoms with van der Waals surface area (Å²) < 4.78 is 6.40. The molecule has 0 spiro atoms. The van der Waals surface area contributed by atoms with Crippen molar-refractivity contribution in [2.45, 2.75) is 25.8 Å². The van der Waals surface area contributed by atoms with Gasteiger partial charge < -0.3 is 15.4 Å². The number of nitrogens with zero attached hydrogens (tertiary/aromatic N) is 1. The van der Waals surface area contributed by atoms with E-state index in [1.807, 2.05) is 6.07 Å². The van der Waals surface area contributed by atoms with Crippen molar-refractivity contribution in [2.24, 2.45) is 5.92 Å². The van der Waals surface area contributed by atoms with Gasteiger partial charge in [-0.1, -0.05) is 0 Å². The average molecular weight is 360 g/mol. The minimum absolute atomic E-state index is 0.544. The highest BCUT2D eigenvalue weighted by molar-refractivity contribution is 14.1. The van der Waals surface area contributed by atoms with Crippen molar-refractivity contribution >= 4 is 34.0 Å². The Labute approximate surface area is 123 Å². The second-order valence-corrected chi connectivity index (χ2v) is 6.21. The first-order chi connectivity index (χ1) is 8.63. The van der Waals surface area contributed by atoms with Crippen LogP contribution >= 0.6 is 22.6 Å². The molecule has 0 bridgehead atoms. The highest BCUT2D eigenvalue weighted by Crippen LogP contribution is 2.38. The van der Waals surface area contributed by atoms with Crippen LogP contribution < -0.4 is 10.6 Å². The number of methoxy groups -OCH3 is 1. The lowest BCUT2D eigenvalue weighted by Gasteiger charge is -2.32. The zero-order valence-electron chi connectivity index (χ0n) is 11.0. The molecular weight excluding hydrogens is 339 g/mol. The molecule has 0 heterocycles. The Morgan fingerprint density at radius 3 is 2.78 bits per heavy atom. The van der Waals surface area contributed by atoms with Gasteiger partial charge in [0.15, 0.2) is 0 Å². The summed E-state index contributed by atoms with van der Waals surface area (Å²) in [6.45, 7) is 3.94. The molecule has 18 heavy (non-hydrogen) atoms. The molecule has 1 atom stereocenters. The van der Waals surface area contributed by atoms with E-state index in [0.717, 1.165) is 30.4 Å². The van der Waals surface area contributed by atoms with Crippen LogP contribution in [0.3, 0.4) is 0 Å². The fourth-order valence-corrected chi connectivity index (χ4v) is 2.87. The lowest BCUT2D eigenvalue weighted by molar-refractivity contribution is 0.203. The Hall–Kier alpha value is -0.490. The maximum atomic E-state index is 6.17. The van der Waals surface area contributed by atoms with Crippen molar-refractivity contribution in [1.29, 1.82) is 0 Å². The molecule has 100 valence electrons. The van der Waals surface area contributed by atoms with Gasteiger partial charge in [-0.15, -0.1) is 0 Å². The molecule has 0 aromatic heterocycles. The van der Waals surface area contributed by atoms with Crippen LogP contribution in [0.2, 0.25) is 0 Å². The monoisotopic (exact) mass is 360 g/mol. The maximum Gasteiger partial charge on any atom is 0.0637 e. The highest BCUT2D eigenvalue weighted by atomic mass is 127. The van der Waals surface area contributed by atoms with Crippen LogP contribution in [0.4, 0.5) is 11.4 Å². The minimum atomic E-state index is 0.544. The van der Waals surface area contributed by atoms with Crippen molar-refractivity contribution < 1.29 is 4.74 Å². The molecular formula is C14H21IN2O. The van der Waals surface area contributed by atoms with Gasteiger partial charge >= 0.3 is 0 Å². The molecule has 3 nitrogen and oxygen atoms in total. The minimum Gasteiger partial charge on any atom is -0.397 e. The molecule has 2 N–H and O–H groups in total. The van der Waals surface area contributed by atoms with Gasteiger partial charge in [0.25, 0.3) is 0 Å². The van der Waals surface area contributed by atoms with E-state index < -0.39 is 0 Å². The molecule has 1 aliphatic rings. The Morgan fingerprint density at radius 1 is 1.50 bits per heavy atom. The van der Waals surface area contributed by atoms with E-state index in [9.17, 15) is 0 Å². The third kappa shape index (κ3) is 3.29. The second-order valence-electron chi connectivity index (χ2n) is 4.97. The summed E-state index contributed by atoms with van der Waals surface area (Å²) in [6, 6.07) is 6.83. The first-order valence-electron chi connectivity index (χ1n) is 6.44. The molecule has 4 heteroatoms. The smallest absolute Gasteiger partial charge is 0.0637 e. The maximum absolute atomic E-state index is 6.17. The SMILES string of the molecule is COCCN(c1ccc(I)cc1N)C(C)C1CC1. The van der Waals surface area contributed by atoms with Gasteiger partial charge in [0.05, 0.1) is 18.0 Å². The lowest BCUT2D eigenvalue weighted by Crippen LogP contribution is -2.37. The molecule has 0 amide bonds. The molecule has 1 aromatic rings. The number of hydrogen-bond acceptors (Lipinski definition) is 3. The molecule has 1 saturated carbocycles. The van der Waals surface area contributed by atoms with Gasteiger partial charge in [-0.2, -0.15) is 0 Å². The standard InChI is InChI=1S/C14H21IN2O/c1-10(11-3-4-11)17(7-8-18-2)14-6-5-12(15)9-13(14)16/h5-6,9-11H,3-4,7-8,16H2,1-2H3. The first-order valence-corrected chi connectivity index (χ1v) is 7.52. The summed E-state index contributed by atoms with van der Waals surface area (Å²) in [5, 5.41) is 0. The predicted molar refractivity (Wildman–Crippen MR) is 85.0 cm³/mol. The predicted octanol–water partition coefficient (Wildman–Crippen LogP) is 3.12. The van der Waals surface area contributed by atoms with E-state index in [1.165, 1.54) is 16.4 Å². The Balaban J connectivity index is 2.20. The van der Waals surface area contributed by atoms with E-state index in [0.29, 0.717) is 6.04 Å². The number of halogens is 1. The van der Waals surface area contributed by atoms with Crippen LogP contribution in [-0.2, 0) is 4.74 Å². The van der Waals surface area contributed by atoms with Crippen LogP contribution in [0, 0.1) is 9.49 Å². The number of nitrogens with two attached hydrogens (primary N) is 1. The zero-order valence-corrected chi connectivity index (χ0v) is 13.2. The summed E-state index contributed by atoms with van der Waals surface area (Å²) >= 11 is 2.29. The summed E-state index contributed by atoms with van der Waals surface area (Å²) in [5.41, 5.74) is 8.18. The van der Waals surface area contributed by atoms with E-state index in [1.54, 1.807) is 7.11 Å². The third-order valence-corrected chi connectivity index (χ3v) is 4.30. The second kappa shape index (κ2) is 6.10. The average Bonchev–Trinajstić information content (AvgIpc) is 3.15. The molecule has 1 unspecified atom stereocenters. The van der Waals surface area contributed by atoms with E-state index in [2.05, 4.69) is 46.5 Å². The fourth-order valence-electron chi connectivity index (χ4n) is 2.35. The quantitative estimate of drug-likeness (QED) is 0.626. The molecule has 1 aromatic carbocycles. The van der Waals surface area contributed by atoms with Gasteiger partial charge in [0.1, 0.15) is 0 Å².